The Morgan fingerprint density at radius 1 is 1.09 bits per heavy atom. The molecule has 160 valence electrons. The third-order valence-electron chi connectivity index (χ3n) is 5.20. The van der Waals surface area contributed by atoms with Gasteiger partial charge in [0.25, 0.3) is 5.91 Å². The Labute approximate surface area is 194 Å². The Morgan fingerprint density at radius 2 is 1.88 bits per heavy atom. The molecule has 0 unspecified atom stereocenters. The van der Waals surface area contributed by atoms with Gasteiger partial charge in [-0.15, -0.1) is 5.10 Å². The van der Waals surface area contributed by atoms with Crippen LogP contribution in [0.5, 0.6) is 5.75 Å². The smallest absolute Gasteiger partial charge is 0.276 e. The number of fused-ring (bicyclic) bond motifs is 2. The van der Waals surface area contributed by atoms with Crippen LogP contribution in [0.4, 0.5) is 0 Å². The van der Waals surface area contributed by atoms with Crippen molar-refractivity contribution in [1.29, 1.82) is 0 Å². The summed E-state index contributed by atoms with van der Waals surface area (Å²) in [5, 5.41) is 11.7. The van der Waals surface area contributed by atoms with E-state index in [0.29, 0.717) is 28.2 Å². The van der Waals surface area contributed by atoms with Crippen LogP contribution in [0.2, 0.25) is 5.02 Å². The fourth-order valence-electron chi connectivity index (χ4n) is 3.71. The highest BCUT2D eigenvalue weighted by Gasteiger charge is 2.35. The van der Waals surface area contributed by atoms with Crippen molar-refractivity contribution in [3.63, 3.8) is 0 Å². The van der Waals surface area contributed by atoms with E-state index in [1.807, 2.05) is 73.0 Å². The minimum atomic E-state index is -0.599. The van der Waals surface area contributed by atoms with Crippen molar-refractivity contribution in [3.8, 4) is 5.75 Å². The van der Waals surface area contributed by atoms with E-state index in [0.717, 1.165) is 21.7 Å². The monoisotopic (exact) mass is 462 g/mol. The predicted octanol–water partition coefficient (Wildman–Crippen LogP) is 3.43. The normalized spacial score (nSPS) is 17.0. The lowest BCUT2D eigenvalue weighted by molar-refractivity contribution is -0.116. The average Bonchev–Trinajstić information content (AvgIpc) is 2.83. The molecule has 0 radical (unpaired) electrons. The first-order valence-corrected chi connectivity index (χ1v) is 11.6. The number of carbonyl (C=O) groups is 1. The van der Waals surface area contributed by atoms with Crippen LogP contribution in [0.3, 0.4) is 0 Å². The highest BCUT2D eigenvalue weighted by atomic mass is 35.5. The molecule has 8 heteroatoms. The van der Waals surface area contributed by atoms with E-state index in [1.165, 1.54) is 11.8 Å². The number of ether oxygens (including phenoxy) is 1. The first kappa shape index (κ1) is 20.6. The minimum absolute atomic E-state index is 0.217. The Morgan fingerprint density at radius 3 is 2.69 bits per heavy atom. The quantitative estimate of drug-likeness (QED) is 0.645. The number of rotatable bonds is 4. The van der Waals surface area contributed by atoms with Gasteiger partial charge in [-0.1, -0.05) is 71.9 Å². The molecular formula is C24H19ClN4O2S. The maximum atomic E-state index is 13.0. The molecule has 0 aromatic heterocycles. The molecule has 32 heavy (non-hydrogen) atoms. The fourth-order valence-corrected chi connectivity index (χ4v) is 4.25. The van der Waals surface area contributed by atoms with E-state index in [9.17, 15) is 4.79 Å². The second kappa shape index (κ2) is 8.68. The van der Waals surface area contributed by atoms with Crippen LogP contribution in [0, 0.1) is 0 Å². The third-order valence-corrected chi connectivity index (χ3v) is 6.00. The number of para-hydroxylation sites is 1. The van der Waals surface area contributed by atoms with Gasteiger partial charge in [0, 0.05) is 15.8 Å². The molecule has 1 amide bonds. The third kappa shape index (κ3) is 3.85. The molecule has 5 rings (SSSR count). The zero-order valence-corrected chi connectivity index (χ0v) is 18.7. The van der Waals surface area contributed by atoms with Crippen LogP contribution >= 0.6 is 23.4 Å². The Balaban J connectivity index is 1.63. The van der Waals surface area contributed by atoms with Crippen molar-refractivity contribution in [1.82, 2.24) is 10.3 Å². The van der Waals surface area contributed by atoms with E-state index in [1.54, 1.807) is 11.1 Å². The molecule has 0 saturated heterocycles. The lowest BCUT2D eigenvalue weighted by Gasteiger charge is -2.34. The molecule has 2 aliphatic rings. The van der Waals surface area contributed by atoms with E-state index in [4.69, 9.17) is 21.3 Å². The van der Waals surface area contributed by atoms with Crippen LogP contribution < -0.4 is 20.6 Å². The van der Waals surface area contributed by atoms with Gasteiger partial charge in [-0.25, -0.2) is 5.01 Å². The summed E-state index contributed by atoms with van der Waals surface area (Å²) in [5.41, 5.74) is 2.23. The zero-order chi connectivity index (χ0) is 22.1. The molecule has 0 aliphatic carbocycles. The van der Waals surface area contributed by atoms with E-state index < -0.39 is 6.17 Å². The number of hydrogen-bond donors (Lipinski definition) is 1. The second-order valence-electron chi connectivity index (χ2n) is 7.23. The first-order chi connectivity index (χ1) is 15.6. The number of nitrogens with one attached hydrogen (secondary N) is 1. The van der Waals surface area contributed by atoms with E-state index >= 15 is 0 Å². The SMILES string of the molecule is CSC1=NN2C(=c3ccccc3=N[C@H]2c2cc(Cl)ccc2OCc2ccccc2)C(=O)N1. The summed E-state index contributed by atoms with van der Waals surface area (Å²) in [6, 6.07) is 22.9. The predicted molar refractivity (Wildman–Crippen MR) is 127 cm³/mol. The number of halogens is 1. The van der Waals surface area contributed by atoms with Gasteiger partial charge in [0.2, 0.25) is 0 Å². The Kier molecular flexibility index (Phi) is 5.59. The Bertz CT molecular complexity index is 1340. The standard InChI is InChI=1S/C24H19ClN4O2S/c1-32-24-27-23(30)21-17-9-5-6-10-19(17)26-22(29(21)28-24)18-13-16(25)11-12-20(18)31-14-15-7-3-2-4-8-15/h2-13,22H,14H2,1H3,(H,27,28,30)/t22-/m1/s1. The van der Waals surface area contributed by atoms with Crippen LogP contribution in [0.15, 0.2) is 82.9 Å². The van der Waals surface area contributed by atoms with Crippen molar-refractivity contribution < 1.29 is 9.53 Å². The largest absolute Gasteiger partial charge is 0.488 e. The topological polar surface area (TPSA) is 66.3 Å². The molecule has 0 saturated carbocycles. The number of amidine groups is 1. The molecule has 3 aromatic rings. The summed E-state index contributed by atoms with van der Waals surface area (Å²) < 4.78 is 6.17. The van der Waals surface area contributed by atoms with Gasteiger partial charge in [0.15, 0.2) is 11.3 Å². The highest BCUT2D eigenvalue weighted by Crippen LogP contribution is 2.37. The molecule has 0 bridgehead atoms. The highest BCUT2D eigenvalue weighted by molar-refractivity contribution is 8.13. The molecule has 1 atom stereocenters. The van der Waals surface area contributed by atoms with E-state index in [-0.39, 0.29) is 5.91 Å². The van der Waals surface area contributed by atoms with Crippen molar-refractivity contribution in [3.05, 3.63) is 99.5 Å². The van der Waals surface area contributed by atoms with Gasteiger partial charge in [-0.05, 0) is 36.1 Å². The van der Waals surface area contributed by atoms with Crippen molar-refractivity contribution in [2.75, 3.05) is 6.26 Å². The molecule has 0 fully saturated rings. The number of thioether (sulfide) groups is 1. The summed E-state index contributed by atoms with van der Waals surface area (Å²) in [6.45, 7) is 0.398. The van der Waals surface area contributed by atoms with Gasteiger partial charge in [0.05, 0.1) is 5.36 Å². The van der Waals surface area contributed by atoms with Crippen LogP contribution in [0.1, 0.15) is 17.3 Å². The van der Waals surface area contributed by atoms with Crippen molar-refractivity contribution >= 4 is 40.1 Å². The van der Waals surface area contributed by atoms with Gasteiger partial charge in [-0.3, -0.25) is 15.1 Å². The molecular weight excluding hydrogens is 444 g/mol. The van der Waals surface area contributed by atoms with Crippen molar-refractivity contribution in [2.45, 2.75) is 12.8 Å². The average molecular weight is 463 g/mol. The van der Waals surface area contributed by atoms with Gasteiger partial charge in [-0.2, -0.15) is 0 Å². The number of carbonyl (C=O) groups excluding carboxylic acids is 1. The zero-order valence-electron chi connectivity index (χ0n) is 17.2. The maximum absolute atomic E-state index is 13.0. The number of benzene rings is 3. The Hall–Kier alpha value is -3.29. The van der Waals surface area contributed by atoms with Gasteiger partial charge >= 0.3 is 0 Å². The molecule has 2 aliphatic heterocycles. The molecule has 0 spiro atoms. The summed E-state index contributed by atoms with van der Waals surface area (Å²) in [6.07, 6.45) is 1.26. The molecule has 1 N–H and O–H groups in total. The minimum Gasteiger partial charge on any atom is -0.488 e. The first-order valence-electron chi connectivity index (χ1n) is 10.0. The lowest BCUT2D eigenvalue weighted by Crippen LogP contribution is -2.50. The summed E-state index contributed by atoms with van der Waals surface area (Å²) in [5.74, 6) is 0.420. The van der Waals surface area contributed by atoms with Crippen LogP contribution in [-0.4, -0.2) is 22.3 Å². The maximum Gasteiger partial charge on any atom is 0.276 e. The number of hydrogen-bond acceptors (Lipinski definition) is 6. The second-order valence-corrected chi connectivity index (χ2v) is 8.46. The van der Waals surface area contributed by atoms with Gasteiger partial charge in [0.1, 0.15) is 18.1 Å². The molecule has 6 nitrogen and oxygen atoms in total. The van der Waals surface area contributed by atoms with Gasteiger partial charge < -0.3 is 4.74 Å². The fraction of sp³-hybridized carbons (Fsp3) is 0.125. The molecule has 2 heterocycles. The number of hydrazone groups is 1. The number of amides is 1. The summed E-state index contributed by atoms with van der Waals surface area (Å²) >= 11 is 7.73. The van der Waals surface area contributed by atoms with Crippen molar-refractivity contribution in [2.24, 2.45) is 10.1 Å². The lowest BCUT2D eigenvalue weighted by atomic mass is 10.1. The number of nitrogens with zero attached hydrogens (tertiary/aromatic N) is 3. The molecule has 3 aromatic carbocycles. The summed E-state index contributed by atoms with van der Waals surface area (Å²) in [4.78, 5) is 17.9. The van der Waals surface area contributed by atoms with E-state index in [2.05, 4.69) is 10.4 Å². The summed E-state index contributed by atoms with van der Waals surface area (Å²) in [7, 11) is 0. The van der Waals surface area contributed by atoms with Crippen LogP contribution in [0.25, 0.3) is 5.70 Å². The van der Waals surface area contributed by atoms with Crippen LogP contribution in [-0.2, 0) is 11.4 Å².